The Morgan fingerprint density at radius 3 is 1.59 bits per heavy atom. The van der Waals surface area contributed by atoms with Gasteiger partial charge in [0.15, 0.2) is 11.5 Å². The lowest BCUT2D eigenvalue weighted by molar-refractivity contribution is 0.256. The average molecular weight is 365 g/mol. The minimum Gasteiger partial charge on any atom is -0.497 e. The van der Waals surface area contributed by atoms with Crippen molar-refractivity contribution >= 4 is 5.69 Å². The minimum absolute atomic E-state index is 0.409. The van der Waals surface area contributed by atoms with E-state index in [0.29, 0.717) is 30.4 Å². The number of methoxy groups -OCH3 is 2. The lowest BCUT2D eigenvalue weighted by atomic mass is 10.2. The molecule has 140 valence electrons. The Bertz CT molecular complexity index is 860. The molecular formula is C22H23NO4. The van der Waals surface area contributed by atoms with Crippen LogP contribution in [-0.2, 0) is 13.2 Å². The van der Waals surface area contributed by atoms with Gasteiger partial charge in [0.05, 0.1) is 14.2 Å². The molecule has 27 heavy (non-hydrogen) atoms. The van der Waals surface area contributed by atoms with E-state index in [4.69, 9.17) is 24.7 Å². The van der Waals surface area contributed by atoms with Crippen LogP contribution in [0.3, 0.4) is 0 Å². The Morgan fingerprint density at radius 1 is 0.630 bits per heavy atom. The number of hydrogen-bond donors (Lipinski definition) is 1. The molecule has 0 aliphatic carbocycles. The quantitative estimate of drug-likeness (QED) is 0.598. The van der Waals surface area contributed by atoms with Gasteiger partial charge in [-0.25, -0.2) is 0 Å². The normalized spacial score (nSPS) is 10.3. The molecule has 2 N–H and O–H groups in total. The van der Waals surface area contributed by atoms with Gasteiger partial charge in [-0.15, -0.1) is 0 Å². The Balaban J connectivity index is 1.66. The maximum Gasteiger partial charge on any atom is 0.163 e. The van der Waals surface area contributed by atoms with E-state index in [1.54, 1.807) is 26.4 Å². The van der Waals surface area contributed by atoms with E-state index in [1.165, 1.54) is 0 Å². The second-order valence-corrected chi connectivity index (χ2v) is 5.98. The molecule has 0 amide bonds. The first-order chi connectivity index (χ1) is 13.2. The molecule has 0 spiro atoms. The monoisotopic (exact) mass is 365 g/mol. The SMILES string of the molecule is COc1ccc(COc2ccc(N)cc2OCc2ccc(OC)cc2)cc1. The Morgan fingerprint density at radius 2 is 1.11 bits per heavy atom. The highest BCUT2D eigenvalue weighted by molar-refractivity contribution is 5.52. The highest BCUT2D eigenvalue weighted by atomic mass is 16.5. The fraction of sp³-hybridized carbons (Fsp3) is 0.182. The van der Waals surface area contributed by atoms with Gasteiger partial charge in [-0.05, 0) is 47.5 Å². The van der Waals surface area contributed by atoms with E-state index in [9.17, 15) is 0 Å². The molecule has 3 aromatic carbocycles. The molecule has 5 nitrogen and oxygen atoms in total. The van der Waals surface area contributed by atoms with Gasteiger partial charge >= 0.3 is 0 Å². The number of rotatable bonds is 8. The second-order valence-electron chi connectivity index (χ2n) is 5.98. The molecule has 5 heteroatoms. The van der Waals surface area contributed by atoms with Crippen LogP contribution in [0.5, 0.6) is 23.0 Å². The third kappa shape index (κ3) is 5.07. The van der Waals surface area contributed by atoms with Crippen molar-refractivity contribution in [1.29, 1.82) is 0 Å². The van der Waals surface area contributed by atoms with Crippen molar-refractivity contribution in [2.45, 2.75) is 13.2 Å². The molecule has 0 aromatic heterocycles. The van der Waals surface area contributed by atoms with Gasteiger partial charge in [0.1, 0.15) is 24.7 Å². The maximum absolute atomic E-state index is 5.94. The Hall–Kier alpha value is -3.34. The van der Waals surface area contributed by atoms with E-state index in [0.717, 1.165) is 22.6 Å². The fourth-order valence-electron chi connectivity index (χ4n) is 2.52. The van der Waals surface area contributed by atoms with Crippen molar-refractivity contribution in [3.05, 3.63) is 77.9 Å². The van der Waals surface area contributed by atoms with E-state index < -0.39 is 0 Å². The molecule has 0 fully saturated rings. The van der Waals surface area contributed by atoms with E-state index in [-0.39, 0.29) is 0 Å². The molecule has 0 aliphatic rings. The van der Waals surface area contributed by atoms with Crippen molar-refractivity contribution < 1.29 is 18.9 Å². The first kappa shape index (κ1) is 18.5. The number of nitrogens with two attached hydrogens (primary N) is 1. The predicted octanol–water partition coefficient (Wildman–Crippen LogP) is 4.44. The third-order valence-corrected chi connectivity index (χ3v) is 4.07. The van der Waals surface area contributed by atoms with Crippen LogP contribution in [-0.4, -0.2) is 14.2 Å². The summed E-state index contributed by atoms with van der Waals surface area (Å²) in [4.78, 5) is 0. The first-order valence-electron chi connectivity index (χ1n) is 8.59. The molecule has 0 bridgehead atoms. The van der Waals surface area contributed by atoms with E-state index in [1.807, 2.05) is 54.6 Å². The van der Waals surface area contributed by atoms with Gasteiger partial charge < -0.3 is 24.7 Å². The third-order valence-electron chi connectivity index (χ3n) is 4.07. The van der Waals surface area contributed by atoms with Crippen LogP contribution in [0.2, 0.25) is 0 Å². The molecule has 0 saturated carbocycles. The summed E-state index contributed by atoms with van der Waals surface area (Å²) in [5.74, 6) is 2.88. The van der Waals surface area contributed by atoms with E-state index in [2.05, 4.69) is 0 Å². The summed E-state index contributed by atoms with van der Waals surface area (Å²) < 4.78 is 22.2. The maximum atomic E-state index is 5.94. The molecule has 0 unspecified atom stereocenters. The van der Waals surface area contributed by atoms with Gasteiger partial charge in [0, 0.05) is 11.8 Å². The van der Waals surface area contributed by atoms with Gasteiger partial charge in [0.25, 0.3) is 0 Å². The van der Waals surface area contributed by atoms with Crippen LogP contribution >= 0.6 is 0 Å². The van der Waals surface area contributed by atoms with Crippen molar-refractivity contribution in [2.75, 3.05) is 20.0 Å². The van der Waals surface area contributed by atoms with Crippen molar-refractivity contribution in [3.8, 4) is 23.0 Å². The number of nitrogen functional groups attached to an aromatic ring is 1. The highest BCUT2D eigenvalue weighted by Gasteiger charge is 2.08. The van der Waals surface area contributed by atoms with Crippen LogP contribution < -0.4 is 24.7 Å². The zero-order chi connectivity index (χ0) is 19.1. The molecule has 3 aromatic rings. The van der Waals surface area contributed by atoms with Crippen LogP contribution in [0.1, 0.15) is 11.1 Å². The van der Waals surface area contributed by atoms with Crippen molar-refractivity contribution in [2.24, 2.45) is 0 Å². The van der Waals surface area contributed by atoms with E-state index >= 15 is 0 Å². The lowest BCUT2D eigenvalue weighted by Crippen LogP contribution is -2.01. The Kier molecular flexibility index (Phi) is 6.05. The lowest BCUT2D eigenvalue weighted by Gasteiger charge is -2.14. The number of ether oxygens (including phenoxy) is 4. The van der Waals surface area contributed by atoms with Gasteiger partial charge in [0.2, 0.25) is 0 Å². The molecule has 0 aliphatic heterocycles. The second kappa shape index (κ2) is 8.85. The number of benzene rings is 3. The highest BCUT2D eigenvalue weighted by Crippen LogP contribution is 2.31. The largest absolute Gasteiger partial charge is 0.497 e. The predicted molar refractivity (Wildman–Crippen MR) is 106 cm³/mol. The van der Waals surface area contributed by atoms with Gasteiger partial charge in [-0.1, -0.05) is 24.3 Å². The summed E-state index contributed by atoms with van der Waals surface area (Å²) >= 11 is 0. The Labute approximate surface area is 159 Å². The summed E-state index contributed by atoms with van der Waals surface area (Å²) in [7, 11) is 3.29. The topological polar surface area (TPSA) is 62.9 Å². The molecule has 0 radical (unpaired) electrons. The molecule has 0 atom stereocenters. The summed E-state index contributed by atoms with van der Waals surface area (Å²) in [6.07, 6.45) is 0. The van der Waals surface area contributed by atoms with Crippen LogP contribution in [0, 0.1) is 0 Å². The first-order valence-corrected chi connectivity index (χ1v) is 8.59. The molecule has 0 heterocycles. The average Bonchev–Trinajstić information content (AvgIpc) is 2.72. The van der Waals surface area contributed by atoms with Crippen LogP contribution in [0.25, 0.3) is 0 Å². The van der Waals surface area contributed by atoms with Crippen LogP contribution in [0.4, 0.5) is 5.69 Å². The smallest absolute Gasteiger partial charge is 0.163 e. The number of anilines is 1. The fourth-order valence-corrected chi connectivity index (χ4v) is 2.52. The van der Waals surface area contributed by atoms with Crippen LogP contribution in [0.15, 0.2) is 66.7 Å². The summed E-state index contributed by atoms with van der Waals surface area (Å²) in [6, 6.07) is 20.9. The zero-order valence-electron chi connectivity index (χ0n) is 15.5. The molecule has 0 saturated heterocycles. The summed E-state index contributed by atoms with van der Waals surface area (Å²) in [5, 5.41) is 0. The minimum atomic E-state index is 0.409. The summed E-state index contributed by atoms with van der Waals surface area (Å²) in [6.45, 7) is 0.832. The zero-order valence-corrected chi connectivity index (χ0v) is 15.5. The van der Waals surface area contributed by atoms with Gasteiger partial charge in [-0.3, -0.25) is 0 Å². The molecular weight excluding hydrogens is 342 g/mol. The van der Waals surface area contributed by atoms with Crippen molar-refractivity contribution in [3.63, 3.8) is 0 Å². The standard InChI is InChI=1S/C22H23NO4/c1-24-19-8-3-16(4-9-19)14-26-21-12-7-18(23)13-22(21)27-15-17-5-10-20(25-2)11-6-17/h3-13H,14-15,23H2,1-2H3. The summed E-state index contributed by atoms with van der Waals surface area (Å²) in [5.41, 5.74) is 8.59. The molecule has 3 rings (SSSR count). The van der Waals surface area contributed by atoms with Gasteiger partial charge in [-0.2, -0.15) is 0 Å². The van der Waals surface area contributed by atoms with Crippen molar-refractivity contribution in [1.82, 2.24) is 0 Å². The number of hydrogen-bond acceptors (Lipinski definition) is 5.